The number of benzene rings is 2. The van der Waals surface area contributed by atoms with Gasteiger partial charge in [-0.05, 0) is 11.5 Å². The predicted molar refractivity (Wildman–Crippen MR) is 52.7 cm³/mol. The predicted octanol–water partition coefficient (Wildman–Crippen LogP) is 2.06. The standard InChI is InChI=1S/C11H8O3/c12-6-8-5-7-3-1-2-4-9(7)11(14)10(8)13/h1-6,13-14H. The second-order valence-corrected chi connectivity index (χ2v) is 3.00. The fourth-order valence-corrected chi connectivity index (χ4v) is 1.43. The second-order valence-electron chi connectivity index (χ2n) is 3.00. The maximum atomic E-state index is 10.6. The normalized spacial score (nSPS) is 10.3. The molecule has 2 aromatic carbocycles. The van der Waals surface area contributed by atoms with Crippen molar-refractivity contribution in [1.29, 1.82) is 0 Å². The third kappa shape index (κ3) is 1.10. The van der Waals surface area contributed by atoms with Gasteiger partial charge in [-0.25, -0.2) is 0 Å². The summed E-state index contributed by atoms with van der Waals surface area (Å²) in [5.41, 5.74) is 0.0983. The number of phenols is 2. The molecule has 0 aromatic heterocycles. The van der Waals surface area contributed by atoms with E-state index >= 15 is 0 Å². The number of rotatable bonds is 1. The zero-order chi connectivity index (χ0) is 10.1. The van der Waals surface area contributed by atoms with Gasteiger partial charge in [0.05, 0.1) is 5.56 Å². The Morgan fingerprint density at radius 3 is 2.50 bits per heavy atom. The summed E-state index contributed by atoms with van der Waals surface area (Å²) in [5.74, 6) is -0.607. The molecule has 0 aliphatic heterocycles. The molecular formula is C11H8O3. The highest BCUT2D eigenvalue weighted by atomic mass is 16.3. The minimum atomic E-state index is -0.362. The summed E-state index contributed by atoms with van der Waals surface area (Å²) in [7, 11) is 0. The lowest BCUT2D eigenvalue weighted by Crippen LogP contribution is -1.83. The Kier molecular flexibility index (Phi) is 1.85. The van der Waals surface area contributed by atoms with Crippen molar-refractivity contribution in [2.75, 3.05) is 0 Å². The van der Waals surface area contributed by atoms with Gasteiger partial charge in [0.25, 0.3) is 0 Å². The summed E-state index contributed by atoms with van der Waals surface area (Å²) in [4.78, 5) is 10.6. The number of aldehydes is 1. The third-order valence-corrected chi connectivity index (χ3v) is 2.15. The van der Waals surface area contributed by atoms with E-state index in [0.717, 1.165) is 5.39 Å². The summed E-state index contributed by atoms with van der Waals surface area (Å²) < 4.78 is 0. The zero-order valence-electron chi connectivity index (χ0n) is 7.27. The van der Waals surface area contributed by atoms with Crippen LogP contribution in [0.2, 0.25) is 0 Å². The molecule has 0 aliphatic rings. The number of aromatic hydroxyl groups is 2. The molecule has 2 N–H and O–H groups in total. The summed E-state index contributed by atoms with van der Waals surface area (Å²) >= 11 is 0. The Bertz CT molecular complexity index is 503. The maximum absolute atomic E-state index is 10.6. The van der Waals surface area contributed by atoms with E-state index in [9.17, 15) is 15.0 Å². The zero-order valence-corrected chi connectivity index (χ0v) is 7.27. The fourth-order valence-electron chi connectivity index (χ4n) is 1.43. The number of hydrogen-bond donors (Lipinski definition) is 2. The van der Waals surface area contributed by atoms with E-state index in [2.05, 4.69) is 0 Å². The lowest BCUT2D eigenvalue weighted by atomic mass is 10.1. The van der Waals surface area contributed by atoms with Crippen LogP contribution in [0.1, 0.15) is 10.4 Å². The molecule has 0 aliphatic carbocycles. The SMILES string of the molecule is O=Cc1cc2ccccc2c(O)c1O. The molecule has 0 spiro atoms. The molecule has 0 saturated carbocycles. The van der Waals surface area contributed by atoms with Crippen LogP contribution >= 0.6 is 0 Å². The Labute approximate surface area is 80.2 Å². The lowest BCUT2D eigenvalue weighted by Gasteiger charge is -2.04. The van der Waals surface area contributed by atoms with Crippen molar-refractivity contribution in [3.05, 3.63) is 35.9 Å². The van der Waals surface area contributed by atoms with Crippen molar-refractivity contribution in [3.8, 4) is 11.5 Å². The molecule has 0 unspecified atom stereocenters. The summed E-state index contributed by atoms with van der Waals surface area (Å²) in [6, 6.07) is 8.54. The Morgan fingerprint density at radius 1 is 1.07 bits per heavy atom. The van der Waals surface area contributed by atoms with Gasteiger partial charge in [-0.15, -0.1) is 0 Å². The monoisotopic (exact) mass is 188 g/mol. The first-order valence-corrected chi connectivity index (χ1v) is 4.13. The van der Waals surface area contributed by atoms with Crippen LogP contribution in [0.5, 0.6) is 11.5 Å². The molecule has 0 amide bonds. The molecule has 2 aromatic rings. The van der Waals surface area contributed by atoms with Crippen LogP contribution in [0.15, 0.2) is 30.3 Å². The molecule has 70 valence electrons. The van der Waals surface area contributed by atoms with Gasteiger partial charge >= 0.3 is 0 Å². The fraction of sp³-hybridized carbons (Fsp3) is 0. The third-order valence-electron chi connectivity index (χ3n) is 2.15. The molecular weight excluding hydrogens is 180 g/mol. The molecule has 3 heteroatoms. The van der Waals surface area contributed by atoms with Crippen LogP contribution in [0.4, 0.5) is 0 Å². The molecule has 0 saturated heterocycles. The van der Waals surface area contributed by atoms with Crippen molar-refractivity contribution in [1.82, 2.24) is 0 Å². The molecule has 0 atom stereocenters. The Balaban J connectivity index is 2.91. The van der Waals surface area contributed by atoms with E-state index in [1.165, 1.54) is 6.07 Å². The number of carbonyl (C=O) groups excluding carboxylic acids is 1. The molecule has 0 radical (unpaired) electrons. The smallest absolute Gasteiger partial charge is 0.168 e. The number of fused-ring (bicyclic) bond motifs is 1. The molecule has 14 heavy (non-hydrogen) atoms. The van der Waals surface area contributed by atoms with Gasteiger partial charge in [-0.1, -0.05) is 24.3 Å². The largest absolute Gasteiger partial charge is 0.504 e. The maximum Gasteiger partial charge on any atom is 0.168 e. The first kappa shape index (κ1) is 8.56. The number of phenolic OH excluding ortho intramolecular Hbond substituents is 2. The molecule has 2 rings (SSSR count). The highest BCUT2D eigenvalue weighted by Crippen LogP contribution is 2.35. The van der Waals surface area contributed by atoms with Gasteiger partial charge in [0.1, 0.15) is 0 Å². The Morgan fingerprint density at radius 2 is 1.79 bits per heavy atom. The van der Waals surface area contributed by atoms with E-state index < -0.39 is 0 Å². The van der Waals surface area contributed by atoms with Crippen LogP contribution in [0.3, 0.4) is 0 Å². The molecule has 3 nitrogen and oxygen atoms in total. The van der Waals surface area contributed by atoms with Crippen LogP contribution in [0, 0.1) is 0 Å². The van der Waals surface area contributed by atoms with Gasteiger partial charge in [0.2, 0.25) is 0 Å². The Hall–Kier alpha value is -2.03. The van der Waals surface area contributed by atoms with Gasteiger partial charge < -0.3 is 10.2 Å². The first-order valence-electron chi connectivity index (χ1n) is 4.13. The van der Waals surface area contributed by atoms with E-state index in [0.29, 0.717) is 11.7 Å². The van der Waals surface area contributed by atoms with Crippen molar-refractivity contribution < 1.29 is 15.0 Å². The van der Waals surface area contributed by atoms with Gasteiger partial charge in [0, 0.05) is 5.39 Å². The number of carbonyl (C=O) groups is 1. The van der Waals surface area contributed by atoms with Crippen LogP contribution in [-0.2, 0) is 0 Å². The molecule has 0 bridgehead atoms. The van der Waals surface area contributed by atoms with Gasteiger partial charge in [0.15, 0.2) is 17.8 Å². The van der Waals surface area contributed by atoms with E-state index in [1.807, 2.05) is 0 Å². The molecule has 0 heterocycles. The van der Waals surface area contributed by atoms with Crippen molar-refractivity contribution in [2.45, 2.75) is 0 Å². The summed E-state index contributed by atoms with van der Waals surface area (Å²) in [6.07, 6.45) is 0.515. The topological polar surface area (TPSA) is 57.5 Å². The highest BCUT2D eigenvalue weighted by molar-refractivity contribution is 5.97. The molecule has 0 fully saturated rings. The second kappa shape index (κ2) is 3.03. The van der Waals surface area contributed by atoms with Crippen molar-refractivity contribution in [3.63, 3.8) is 0 Å². The number of hydrogen-bond acceptors (Lipinski definition) is 3. The first-order chi connectivity index (χ1) is 6.74. The van der Waals surface area contributed by atoms with Crippen LogP contribution < -0.4 is 0 Å². The summed E-state index contributed by atoms with van der Waals surface area (Å²) in [6.45, 7) is 0. The van der Waals surface area contributed by atoms with Crippen molar-refractivity contribution >= 4 is 17.1 Å². The minimum absolute atomic E-state index is 0.0983. The van der Waals surface area contributed by atoms with Crippen LogP contribution in [0.25, 0.3) is 10.8 Å². The van der Waals surface area contributed by atoms with Crippen LogP contribution in [-0.4, -0.2) is 16.5 Å². The van der Waals surface area contributed by atoms with Crippen molar-refractivity contribution in [2.24, 2.45) is 0 Å². The average Bonchev–Trinajstić information content (AvgIpc) is 2.23. The summed E-state index contributed by atoms with van der Waals surface area (Å²) in [5, 5.41) is 20.2. The quantitative estimate of drug-likeness (QED) is 0.532. The van der Waals surface area contributed by atoms with E-state index in [-0.39, 0.29) is 17.1 Å². The van der Waals surface area contributed by atoms with E-state index in [4.69, 9.17) is 0 Å². The minimum Gasteiger partial charge on any atom is -0.504 e. The van der Waals surface area contributed by atoms with Gasteiger partial charge in [-0.3, -0.25) is 4.79 Å². The van der Waals surface area contributed by atoms with Gasteiger partial charge in [-0.2, -0.15) is 0 Å². The van der Waals surface area contributed by atoms with E-state index in [1.54, 1.807) is 24.3 Å². The lowest BCUT2D eigenvalue weighted by molar-refractivity contribution is 0.112. The highest BCUT2D eigenvalue weighted by Gasteiger charge is 2.10. The average molecular weight is 188 g/mol.